The number of anilines is 1. The zero-order valence-corrected chi connectivity index (χ0v) is 19.5. The van der Waals surface area contributed by atoms with Crippen molar-refractivity contribution in [2.45, 2.75) is 30.8 Å². The molecular weight excluding hydrogens is 461 g/mol. The lowest BCUT2D eigenvalue weighted by atomic mass is 10.0. The lowest BCUT2D eigenvalue weighted by Gasteiger charge is -2.35. The zero-order valence-electron chi connectivity index (χ0n) is 18.7. The molecular formula is C25H24FNO6S. The van der Waals surface area contributed by atoms with Crippen LogP contribution < -0.4 is 13.8 Å². The van der Waals surface area contributed by atoms with E-state index in [4.69, 9.17) is 14.6 Å². The predicted octanol–water partition coefficient (Wildman–Crippen LogP) is 4.63. The van der Waals surface area contributed by atoms with Crippen LogP contribution in [0.5, 0.6) is 11.5 Å². The van der Waals surface area contributed by atoms with Gasteiger partial charge in [0.15, 0.2) is 0 Å². The van der Waals surface area contributed by atoms with Crippen molar-refractivity contribution in [3.05, 3.63) is 72.0 Å². The number of benzene rings is 3. The van der Waals surface area contributed by atoms with Crippen LogP contribution in [0.1, 0.15) is 18.4 Å². The lowest BCUT2D eigenvalue weighted by Crippen LogP contribution is -2.43. The normalized spacial score (nSPS) is 15.4. The van der Waals surface area contributed by atoms with Gasteiger partial charge in [-0.05, 0) is 66.4 Å². The molecule has 0 unspecified atom stereocenters. The largest absolute Gasteiger partial charge is 0.497 e. The molecule has 1 aliphatic heterocycles. The van der Waals surface area contributed by atoms with Crippen molar-refractivity contribution in [1.82, 2.24) is 0 Å². The standard InChI is InChI=1S/C25H24FNO6S/c1-16-4-3-5-22(10-16)34(30,31)27-15-20(7-9-25(28)29)33-24-8-6-17(13-23(24)27)18-11-19(26)14-21(12-18)32-2/h3-6,8,10-14,20H,7,9,15H2,1-2H3,(H,28,29)/t20-/m0/s1. The van der Waals surface area contributed by atoms with E-state index in [-0.39, 0.29) is 24.3 Å². The predicted molar refractivity (Wildman–Crippen MR) is 125 cm³/mol. The number of fused-ring (bicyclic) bond motifs is 1. The summed E-state index contributed by atoms with van der Waals surface area (Å²) in [6, 6.07) is 15.8. The van der Waals surface area contributed by atoms with E-state index in [1.165, 1.54) is 29.6 Å². The topological polar surface area (TPSA) is 93.1 Å². The van der Waals surface area contributed by atoms with Crippen molar-refractivity contribution in [3.8, 4) is 22.6 Å². The van der Waals surface area contributed by atoms with Gasteiger partial charge in [-0.1, -0.05) is 18.2 Å². The average molecular weight is 486 g/mol. The Hall–Kier alpha value is -3.59. The molecule has 0 aliphatic carbocycles. The Labute approximate surface area is 197 Å². The third-order valence-corrected chi connectivity index (χ3v) is 7.36. The van der Waals surface area contributed by atoms with E-state index in [2.05, 4.69) is 0 Å². The summed E-state index contributed by atoms with van der Waals surface area (Å²) in [5.41, 5.74) is 2.18. The van der Waals surface area contributed by atoms with Crippen molar-refractivity contribution in [2.24, 2.45) is 0 Å². The van der Waals surface area contributed by atoms with Crippen LogP contribution in [0.4, 0.5) is 10.1 Å². The summed E-state index contributed by atoms with van der Waals surface area (Å²) in [4.78, 5) is 11.2. The zero-order chi connectivity index (χ0) is 24.5. The molecule has 0 aromatic heterocycles. The summed E-state index contributed by atoms with van der Waals surface area (Å²) in [5, 5.41) is 9.07. The van der Waals surface area contributed by atoms with Gasteiger partial charge in [-0.3, -0.25) is 9.10 Å². The minimum absolute atomic E-state index is 0.0491. The lowest BCUT2D eigenvalue weighted by molar-refractivity contribution is -0.137. The van der Waals surface area contributed by atoms with Crippen molar-refractivity contribution < 1.29 is 32.2 Å². The summed E-state index contributed by atoms with van der Waals surface area (Å²) in [6.45, 7) is 1.75. The highest BCUT2D eigenvalue weighted by Crippen LogP contribution is 2.41. The van der Waals surface area contributed by atoms with E-state index < -0.39 is 27.9 Å². The fourth-order valence-electron chi connectivity index (χ4n) is 3.90. The first kappa shape index (κ1) is 23.6. The number of methoxy groups -OCH3 is 1. The molecule has 0 saturated heterocycles. The maximum absolute atomic E-state index is 14.1. The number of carbonyl (C=O) groups is 1. The molecule has 7 nitrogen and oxygen atoms in total. The molecule has 1 aliphatic rings. The number of nitrogens with zero attached hydrogens (tertiary/aromatic N) is 1. The van der Waals surface area contributed by atoms with E-state index in [9.17, 15) is 17.6 Å². The number of halogens is 1. The molecule has 0 bridgehead atoms. The van der Waals surface area contributed by atoms with Gasteiger partial charge >= 0.3 is 5.97 Å². The van der Waals surface area contributed by atoms with Gasteiger partial charge in [0.25, 0.3) is 10.0 Å². The number of hydrogen-bond donors (Lipinski definition) is 1. The van der Waals surface area contributed by atoms with E-state index in [1.54, 1.807) is 49.4 Å². The highest BCUT2D eigenvalue weighted by Gasteiger charge is 2.35. The van der Waals surface area contributed by atoms with Crippen molar-refractivity contribution in [3.63, 3.8) is 0 Å². The first-order valence-electron chi connectivity index (χ1n) is 10.6. The third-order valence-electron chi connectivity index (χ3n) is 5.59. The van der Waals surface area contributed by atoms with Crippen molar-refractivity contribution >= 4 is 21.7 Å². The first-order valence-corrected chi connectivity index (χ1v) is 12.1. The molecule has 1 N–H and O–H groups in total. The molecule has 9 heteroatoms. The van der Waals surface area contributed by atoms with Crippen molar-refractivity contribution in [2.75, 3.05) is 18.0 Å². The maximum atomic E-state index is 14.1. The maximum Gasteiger partial charge on any atom is 0.303 e. The second kappa shape index (κ2) is 9.34. The third kappa shape index (κ3) is 4.84. The van der Waals surface area contributed by atoms with Gasteiger partial charge < -0.3 is 14.6 Å². The fourth-order valence-corrected chi connectivity index (χ4v) is 5.51. The number of aliphatic carboxylic acids is 1. The fraction of sp³-hybridized carbons (Fsp3) is 0.240. The van der Waals surface area contributed by atoms with E-state index in [0.717, 1.165) is 5.56 Å². The van der Waals surface area contributed by atoms with Crippen LogP contribution >= 0.6 is 0 Å². The summed E-state index contributed by atoms with van der Waals surface area (Å²) in [5.74, 6) is -0.828. The molecule has 0 amide bonds. The molecule has 34 heavy (non-hydrogen) atoms. The molecule has 0 radical (unpaired) electrons. The Bertz CT molecular complexity index is 1340. The summed E-state index contributed by atoms with van der Waals surface area (Å²) < 4.78 is 53.8. The summed E-state index contributed by atoms with van der Waals surface area (Å²) >= 11 is 0. The molecule has 0 saturated carbocycles. The SMILES string of the molecule is COc1cc(F)cc(-c2ccc3c(c2)N(S(=O)(=O)c2cccc(C)c2)C[C@H](CCC(=O)O)O3)c1. The van der Waals surface area contributed by atoms with E-state index in [1.807, 2.05) is 0 Å². The molecule has 3 aromatic carbocycles. The van der Waals surface area contributed by atoms with E-state index in [0.29, 0.717) is 28.3 Å². The number of rotatable bonds is 7. The first-order chi connectivity index (χ1) is 16.2. The Balaban J connectivity index is 1.81. The summed E-state index contributed by atoms with van der Waals surface area (Å²) in [7, 11) is -2.55. The molecule has 3 aromatic rings. The minimum atomic E-state index is -3.98. The molecule has 4 rings (SSSR count). The van der Waals surface area contributed by atoms with Crippen LogP contribution in [0.15, 0.2) is 65.6 Å². The minimum Gasteiger partial charge on any atom is -0.497 e. The second-order valence-corrected chi connectivity index (χ2v) is 9.95. The second-order valence-electron chi connectivity index (χ2n) is 8.09. The van der Waals surface area contributed by atoms with Crippen LogP contribution in [0.3, 0.4) is 0 Å². The van der Waals surface area contributed by atoms with Gasteiger partial charge in [-0.2, -0.15) is 0 Å². The van der Waals surface area contributed by atoms with Gasteiger partial charge in [-0.25, -0.2) is 12.8 Å². The smallest absolute Gasteiger partial charge is 0.303 e. The number of carboxylic acids is 1. The Morgan fingerprint density at radius 1 is 1.15 bits per heavy atom. The van der Waals surface area contributed by atoms with Gasteiger partial charge in [-0.15, -0.1) is 0 Å². The number of aryl methyl sites for hydroxylation is 1. The summed E-state index contributed by atoms with van der Waals surface area (Å²) in [6.07, 6.45) is -0.639. The monoisotopic (exact) mass is 485 g/mol. The molecule has 1 heterocycles. The Morgan fingerprint density at radius 2 is 1.94 bits per heavy atom. The quantitative estimate of drug-likeness (QED) is 0.525. The average Bonchev–Trinajstić information content (AvgIpc) is 2.81. The number of hydrogen-bond acceptors (Lipinski definition) is 5. The van der Waals surface area contributed by atoms with Crippen LogP contribution in [-0.2, 0) is 14.8 Å². The molecule has 0 spiro atoms. The number of ether oxygens (including phenoxy) is 2. The van der Waals surface area contributed by atoms with Crippen molar-refractivity contribution in [1.29, 1.82) is 0 Å². The highest BCUT2D eigenvalue weighted by atomic mass is 32.2. The van der Waals surface area contributed by atoms with Gasteiger partial charge in [0.2, 0.25) is 0 Å². The van der Waals surface area contributed by atoms with Gasteiger partial charge in [0.1, 0.15) is 23.4 Å². The van der Waals surface area contributed by atoms with Crippen LogP contribution in [0.25, 0.3) is 11.1 Å². The highest BCUT2D eigenvalue weighted by molar-refractivity contribution is 7.92. The Kier molecular flexibility index (Phi) is 6.47. The number of sulfonamides is 1. The molecule has 1 atom stereocenters. The molecule has 0 fully saturated rings. The van der Waals surface area contributed by atoms with Crippen LogP contribution in [0.2, 0.25) is 0 Å². The van der Waals surface area contributed by atoms with E-state index >= 15 is 0 Å². The van der Waals surface area contributed by atoms with Crippen LogP contribution in [-0.4, -0.2) is 39.3 Å². The Morgan fingerprint density at radius 3 is 2.65 bits per heavy atom. The molecule has 178 valence electrons. The van der Waals surface area contributed by atoms with Gasteiger partial charge in [0.05, 0.1) is 24.2 Å². The van der Waals surface area contributed by atoms with Crippen LogP contribution in [0, 0.1) is 12.7 Å². The van der Waals surface area contributed by atoms with Gasteiger partial charge in [0, 0.05) is 12.5 Å². The number of carboxylic acid groups (broad SMARTS) is 1.